The number of unbranched alkanes of at least 4 members (excludes halogenated alkanes) is 5. The van der Waals surface area contributed by atoms with Gasteiger partial charge in [-0.3, -0.25) is 34.2 Å². The standard InChI is InChI=1S/C24H32N4O6/c25-13-5-3-1-2-4-6-14-26-19(29)12-15-34-18-9-7-8-16-21(18)24(33)28(23(16)32)17-10-11-20(30)27-22(17)31/h7-9,17H,1-6,10-15,25H2,(H,26,29)(H,27,30,31). The van der Waals surface area contributed by atoms with Crippen molar-refractivity contribution in [2.24, 2.45) is 5.73 Å². The largest absolute Gasteiger partial charge is 0.492 e. The second-order valence-corrected chi connectivity index (χ2v) is 8.48. The molecule has 1 aromatic carbocycles. The topological polar surface area (TPSA) is 148 Å². The maximum absolute atomic E-state index is 13.0. The van der Waals surface area contributed by atoms with Crippen molar-refractivity contribution in [1.82, 2.24) is 15.5 Å². The molecule has 3 rings (SSSR count). The number of carbonyl (C=O) groups is 5. The van der Waals surface area contributed by atoms with Crippen molar-refractivity contribution in [3.8, 4) is 5.75 Å². The molecule has 0 bridgehead atoms. The number of rotatable bonds is 13. The molecule has 2 heterocycles. The third-order valence-corrected chi connectivity index (χ3v) is 5.97. The van der Waals surface area contributed by atoms with E-state index in [1.54, 1.807) is 12.1 Å². The molecule has 1 aromatic rings. The first-order chi connectivity index (χ1) is 16.4. The lowest BCUT2D eigenvalue weighted by Crippen LogP contribution is -2.54. The highest BCUT2D eigenvalue weighted by Gasteiger charge is 2.45. The van der Waals surface area contributed by atoms with Gasteiger partial charge in [-0.1, -0.05) is 31.7 Å². The zero-order valence-corrected chi connectivity index (χ0v) is 19.3. The van der Waals surface area contributed by atoms with E-state index in [-0.39, 0.29) is 48.7 Å². The summed E-state index contributed by atoms with van der Waals surface area (Å²) in [4.78, 5) is 62.4. The van der Waals surface area contributed by atoms with E-state index < -0.39 is 29.7 Å². The van der Waals surface area contributed by atoms with Crippen molar-refractivity contribution in [2.45, 2.75) is 63.8 Å². The van der Waals surface area contributed by atoms with E-state index in [1.165, 1.54) is 6.07 Å². The molecule has 0 saturated carbocycles. The van der Waals surface area contributed by atoms with E-state index in [2.05, 4.69) is 10.6 Å². The first kappa shape index (κ1) is 25.4. The number of ether oxygens (including phenoxy) is 1. The highest BCUT2D eigenvalue weighted by Crippen LogP contribution is 2.33. The number of carbonyl (C=O) groups excluding carboxylic acids is 5. The van der Waals surface area contributed by atoms with Gasteiger partial charge in [-0.2, -0.15) is 0 Å². The summed E-state index contributed by atoms with van der Waals surface area (Å²) in [5, 5.41) is 5.02. The van der Waals surface area contributed by atoms with Crippen LogP contribution in [0.1, 0.15) is 78.5 Å². The van der Waals surface area contributed by atoms with E-state index in [4.69, 9.17) is 10.5 Å². The fourth-order valence-corrected chi connectivity index (χ4v) is 4.15. The Morgan fingerprint density at radius 3 is 2.53 bits per heavy atom. The Bertz CT molecular complexity index is 947. The number of benzene rings is 1. The molecule has 1 saturated heterocycles. The van der Waals surface area contributed by atoms with Crippen LogP contribution < -0.4 is 21.1 Å². The summed E-state index contributed by atoms with van der Waals surface area (Å²) < 4.78 is 5.67. The fourth-order valence-electron chi connectivity index (χ4n) is 4.15. The van der Waals surface area contributed by atoms with Gasteiger partial charge in [0.2, 0.25) is 17.7 Å². The Labute approximate surface area is 198 Å². The van der Waals surface area contributed by atoms with Gasteiger partial charge >= 0.3 is 0 Å². The Morgan fingerprint density at radius 2 is 1.79 bits per heavy atom. The van der Waals surface area contributed by atoms with Crippen molar-refractivity contribution >= 4 is 29.5 Å². The summed E-state index contributed by atoms with van der Waals surface area (Å²) in [6, 6.07) is 3.60. The van der Waals surface area contributed by atoms with Gasteiger partial charge in [0.25, 0.3) is 11.8 Å². The zero-order valence-electron chi connectivity index (χ0n) is 19.3. The first-order valence-electron chi connectivity index (χ1n) is 11.9. The van der Waals surface area contributed by atoms with Crippen LogP contribution in [0.3, 0.4) is 0 Å². The monoisotopic (exact) mass is 472 g/mol. The molecule has 0 aliphatic carbocycles. The second kappa shape index (κ2) is 12.3. The summed E-state index contributed by atoms with van der Waals surface area (Å²) in [5.41, 5.74) is 5.69. The average molecular weight is 473 g/mol. The van der Waals surface area contributed by atoms with Gasteiger partial charge in [0.05, 0.1) is 24.2 Å². The van der Waals surface area contributed by atoms with Gasteiger partial charge in [0, 0.05) is 13.0 Å². The van der Waals surface area contributed by atoms with Crippen LogP contribution in [0.5, 0.6) is 5.75 Å². The predicted octanol–water partition coefficient (Wildman–Crippen LogP) is 1.27. The number of nitrogens with one attached hydrogen (secondary N) is 2. The Hall–Kier alpha value is -3.27. The SMILES string of the molecule is NCCCCCCCCNC(=O)CCOc1cccc2c1C(=O)N(C1CCC(=O)NC1=O)C2=O. The molecule has 1 atom stereocenters. The minimum atomic E-state index is -1.04. The lowest BCUT2D eigenvalue weighted by molar-refractivity contribution is -0.136. The van der Waals surface area contributed by atoms with Crippen LogP contribution in [-0.4, -0.2) is 60.2 Å². The molecule has 184 valence electrons. The second-order valence-electron chi connectivity index (χ2n) is 8.48. The number of piperidine rings is 1. The number of fused-ring (bicyclic) bond motifs is 1. The molecule has 10 nitrogen and oxygen atoms in total. The van der Waals surface area contributed by atoms with Gasteiger partial charge in [-0.15, -0.1) is 0 Å². The van der Waals surface area contributed by atoms with Crippen LogP contribution in [0.15, 0.2) is 18.2 Å². The van der Waals surface area contributed by atoms with Gasteiger partial charge in [0.1, 0.15) is 11.8 Å². The van der Waals surface area contributed by atoms with Crippen LogP contribution in [-0.2, 0) is 14.4 Å². The molecule has 0 radical (unpaired) electrons. The number of nitrogens with zero attached hydrogens (tertiary/aromatic N) is 1. The molecule has 1 fully saturated rings. The molecular weight excluding hydrogens is 440 g/mol. The van der Waals surface area contributed by atoms with Crippen LogP contribution in [0.25, 0.3) is 0 Å². The number of nitrogens with two attached hydrogens (primary N) is 1. The molecule has 10 heteroatoms. The lowest BCUT2D eigenvalue weighted by atomic mass is 10.0. The van der Waals surface area contributed by atoms with E-state index in [1.807, 2.05) is 0 Å². The fraction of sp³-hybridized carbons (Fsp3) is 0.542. The quantitative estimate of drug-likeness (QED) is 0.289. The third kappa shape index (κ3) is 6.19. The van der Waals surface area contributed by atoms with Gasteiger partial charge in [0.15, 0.2) is 0 Å². The van der Waals surface area contributed by atoms with Crippen LogP contribution >= 0.6 is 0 Å². The number of imide groups is 2. The summed E-state index contributed by atoms with van der Waals surface area (Å²) in [5.74, 6) is -2.29. The van der Waals surface area contributed by atoms with Gasteiger partial charge < -0.3 is 15.8 Å². The Morgan fingerprint density at radius 1 is 1.06 bits per heavy atom. The lowest BCUT2D eigenvalue weighted by Gasteiger charge is -2.27. The molecule has 2 aliphatic rings. The molecule has 34 heavy (non-hydrogen) atoms. The minimum absolute atomic E-state index is 0.0429. The van der Waals surface area contributed by atoms with Crippen molar-refractivity contribution in [2.75, 3.05) is 19.7 Å². The Kier molecular flexibility index (Phi) is 9.15. The molecular formula is C24H32N4O6. The Balaban J connectivity index is 1.47. The average Bonchev–Trinajstić information content (AvgIpc) is 3.06. The van der Waals surface area contributed by atoms with Crippen molar-refractivity contribution in [3.05, 3.63) is 29.3 Å². The molecule has 5 amide bonds. The summed E-state index contributed by atoms with van der Waals surface area (Å²) in [7, 11) is 0. The first-order valence-corrected chi connectivity index (χ1v) is 11.9. The smallest absolute Gasteiger partial charge is 0.266 e. The highest BCUT2D eigenvalue weighted by molar-refractivity contribution is 6.24. The summed E-state index contributed by atoms with van der Waals surface area (Å²) in [6.07, 6.45) is 6.68. The summed E-state index contributed by atoms with van der Waals surface area (Å²) >= 11 is 0. The van der Waals surface area contributed by atoms with Gasteiger partial charge in [-0.05, 0) is 37.9 Å². The van der Waals surface area contributed by atoms with Crippen molar-refractivity contribution in [1.29, 1.82) is 0 Å². The molecule has 4 N–H and O–H groups in total. The van der Waals surface area contributed by atoms with Crippen LogP contribution in [0.2, 0.25) is 0 Å². The number of hydrogen-bond acceptors (Lipinski definition) is 7. The third-order valence-electron chi connectivity index (χ3n) is 5.97. The molecule has 2 aliphatic heterocycles. The predicted molar refractivity (Wildman–Crippen MR) is 123 cm³/mol. The van der Waals surface area contributed by atoms with E-state index in [0.29, 0.717) is 6.54 Å². The van der Waals surface area contributed by atoms with Crippen LogP contribution in [0.4, 0.5) is 0 Å². The van der Waals surface area contributed by atoms with E-state index in [0.717, 1.165) is 50.0 Å². The minimum Gasteiger partial charge on any atom is -0.492 e. The maximum atomic E-state index is 13.0. The zero-order chi connectivity index (χ0) is 24.5. The van der Waals surface area contributed by atoms with E-state index >= 15 is 0 Å². The van der Waals surface area contributed by atoms with Crippen LogP contribution in [0, 0.1) is 0 Å². The van der Waals surface area contributed by atoms with Gasteiger partial charge in [-0.25, -0.2) is 0 Å². The molecule has 0 aromatic heterocycles. The molecule has 1 unspecified atom stereocenters. The summed E-state index contributed by atoms with van der Waals surface area (Å²) in [6.45, 7) is 1.37. The normalized spacial score (nSPS) is 17.6. The van der Waals surface area contributed by atoms with E-state index in [9.17, 15) is 24.0 Å². The number of hydrogen-bond donors (Lipinski definition) is 3. The molecule has 0 spiro atoms. The highest BCUT2D eigenvalue weighted by atomic mass is 16.5. The van der Waals surface area contributed by atoms with Crippen molar-refractivity contribution in [3.63, 3.8) is 0 Å². The maximum Gasteiger partial charge on any atom is 0.266 e. The number of amides is 5. The van der Waals surface area contributed by atoms with Crippen molar-refractivity contribution < 1.29 is 28.7 Å².